The van der Waals surface area contributed by atoms with Crippen LogP contribution in [0, 0.1) is 17.1 Å². The second kappa shape index (κ2) is 5.63. The van der Waals surface area contributed by atoms with E-state index in [0.717, 1.165) is 0 Å². The van der Waals surface area contributed by atoms with Gasteiger partial charge in [-0.15, -0.1) is 11.8 Å². The van der Waals surface area contributed by atoms with Crippen molar-refractivity contribution < 1.29 is 9.13 Å². The fourth-order valence-corrected chi connectivity index (χ4v) is 2.02. The van der Waals surface area contributed by atoms with E-state index in [2.05, 4.69) is 0 Å². The van der Waals surface area contributed by atoms with Crippen LogP contribution in [0.3, 0.4) is 0 Å². The molecule has 0 radical (unpaired) electrons. The Balaban J connectivity index is 2.31. The molecule has 0 saturated carbocycles. The summed E-state index contributed by atoms with van der Waals surface area (Å²) >= 11 is 1.32. The number of hydrogen-bond acceptors (Lipinski definition) is 4. The van der Waals surface area contributed by atoms with Crippen LogP contribution in [0.2, 0.25) is 0 Å². The lowest BCUT2D eigenvalue weighted by atomic mass is 10.2. The first kappa shape index (κ1) is 13.2. The SMILES string of the molecule is CSc1ccc(Oc2ccc(N)cc2C#N)cc1F. The second-order valence-corrected chi connectivity index (χ2v) is 4.61. The van der Waals surface area contributed by atoms with Crippen molar-refractivity contribution in [2.45, 2.75) is 4.90 Å². The molecule has 0 heterocycles. The molecular formula is C14H11FN2OS. The summed E-state index contributed by atoms with van der Waals surface area (Å²) in [6.07, 6.45) is 1.80. The monoisotopic (exact) mass is 274 g/mol. The minimum atomic E-state index is -0.348. The average molecular weight is 274 g/mol. The molecule has 0 fully saturated rings. The highest BCUT2D eigenvalue weighted by Crippen LogP contribution is 2.29. The zero-order chi connectivity index (χ0) is 13.8. The van der Waals surface area contributed by atoms with Gasteiger partial charge in [-0.1, -0.05) is 0 Å². The predicted molar refractivity (Wildman–Crippen MR) is 73.8 cm³/mol. The molecule has 0 saturated heterocycles. The Morgan fingerprint density at radius 2 is 2.05 bits per heavy atom. The number of ether oxygens (including phenoxy) is 1. The van der Waals surface area contributed by atoms with Crippen LogP contribution in [0.25, 0.3) is 0 Å². The lowest BCUT2D eigenvalue weighted by Crippen LogP contribution is -1.92. The molecule has 0 aliphatic carbocycles. The van der Waals surface area contributed by atoms with Gasteiger partial charge in [0.25, 0.3) is 0 Å². The van der Waals surface area contributed by atoms with E-state index in [0.29, 0.717) is 27.6 Å². The summed E-state index contributed by atoms with van der Waals surface area (Å²) < 4.78 is 19.1. The highest BCUT2D eigenvalue weighted by atomic mass is 32.2. The molecule has 0 amide bonds. The van der Waals surface area contributed by atoms with Gasteiger partial charge in [0.2, 0.25) is 0 Å². The number of halogens is 1. The van der Waals surface area contributed by atoms with Crippen molar-refractivity contribution in [3.8, 4) is 17.6 Å². The molecule has 0 atom stereocenters. The maximum Gasteiger partial charge on any atom is 0.145 e. The third kappa shape index (κ3) is 2.98. The molecule has 3 nitrogen and oxygen atoms in total. The largest absolute Gasteiger partial charge is 0.456 e. The predicted octanol–water partition coefficient (Wildman–Crippen LogP) is 3.79. The molecule has 2 aromatic rings. The topological polar surface area (TPSA) is 59.0 Å². The second-order valence-electron chi connectivity index (χ2n) is 3.77. The van der Waals surface area contributed by atoms with Crippen LogP contribution < -0.4 is 10.5 Å². The molecule has 0 aliphatic rings. The summed E-state index contributed by atoms with van der Waals surface area (Å²) in [6, 6.07) is 11.3. The van der Waals surface area contributed by atoms with Gasteiger partial charge in [-0.2, -0.15) is 5.26 Å². The normalized spacial score (nSPS) is 9.95. The van der Waals surface area contributed by atoms with Crippen molar-refractivity contribution >= 4 is 17.4 Å². The van der Waals surface area contributed by atoms with E-state index < -0.39 is 0 Å². The van der Waals surface area contributed by atoms with Gasteiger partial charge in [-0.25, -0.2) is 4.39 Å². The number of benzene rings is 2. The summed E-state index contributed by atoms with van der Waals surface area (Å²) in [6.45, 7) is 0. The van der Waals surface area contributed by atoms with Crippen molar-refractivity contribution in [2.24, 2.45) is 0 Å². The number of anilines is 1. The van der Waals surface area contributed by atoms with Gasteiger partial charge >= 0.3 is 0 Å². The van der Waals surface area contributed by atoms with E-state index in [1.807, 2.05) is 6.07 Å². The molecule has 0 aromatic heterocycles. The third-order valence-corrected chi connectivity index (χ3v) is 3.25. The van der Waals surface area contributed by atoms with E-state index in [1.54, 1.807) is 30.5 Å². The van der Waals surface area contributed by atoms with E-state index in [-0.39, 0.29) is 5.82 Å². The molecule has 0 aliphatic heterocycles. The zero-order valence-electron chi connectivity index (χ0n) is 10.2. The molecule has 0 spiro atoms. The highest BCUT2D eigenvalue weighted by Gasteiger charge is 2.08. The summed E-state index contributed by atoms with van der Waals surface area (Å²) in [4.78, 5) is 0.546. The summed E-state index contributed by atoms with van der Waals surface area (Å²) in [7, 11) is 0. The molecule has 2 rings (SSSR count). The highest BCUT2D eigenvalue weighted by molar-refractivity contribution is 7.98. The third-order valence-electron chi connectivity index (χ3n) is 2.48. The molecule has 2 aromatic carbocycles. The fourth-order valence-electron chi connectivity index (χ4n) is 1.56. The number of nitriles is 1. The van der Waals surface area contributed by atoms with Crippen LogP contribution in [0.15, 0.2) is 41.3 Å². The first-order valence-electron chi connectivity index (χ1n) is 5.45. The average Bonchev–Trinajstić information content (AvgIpc) is 2.41. The minimum Gasteiger partial charge on any atom is -0.456 e. The summed E-state index contributed by atoms with van der Waals surface area (Å²) in [5, 5.41) is 8.99. The van der Waals surface area contributed by atoms with Gasteiger partial charge in [-0.05, 0) is 36.6 Å². The number of nitrogens with zero attached hydrogens (tertiary/aromatic N) is 1. The molecular weight excluding hydrogens is 263 g/mol. The Kier molecular flexibility index (Phi) is 3.93. The number of thioether (sulfide) groups is 1. The molecule has 96 valence electrons. The number of nitrogens with two attached hydrogens (primary N) is 1. The van der Waals surface area contributed by atoms with Crippen LogP contribution in [0.4, 0.5) is 10.1 Å². The summed E-state index contributed by atoms with van der Waals surface area (Å²) in [5.41, 5.74) is 6.38. The lowest BCUT2D eigenvalue weighted by Gasteiger charge is -2.09. The molecule has 5 heteroatoms. The van der Waals surface area contributed by atoms with Crippen molar-refractivity contribution in [1.29, 1.82) is 5.26 Å². The maximum atomic E-state index is 13.6. The van der Waals surface area contributed by atoms with Gasteiger partial charge in [-0.3, -0.25) is 0 Å². The molecule has 0 bridgehead atoms. The minimum absolute atomic E-state index is 0.314. The molecule has 19 heavy (non-hydrogen) atoms. The molecule has 2 N–H and O–H groups in total. The van der Waals surface area contributed by atoms with E-state index in [1.165, 1.54) is 23.9 Å². The van der Waals surface area contributed by atoms with Gasteiger partial charge in [0.1, 0.15) is 23.4 Å². The van der Waals surface area contributed by atoms with Crippen LogP contribution in [0.5, 0.6) is 11.5 Å². The van der Waals surface area contributed by atoms with Crippen LogP contribution in [-0.4, -0.2) is 6.26 Å². The van der Waals surface area contributed by atoms with E-state index >= 15 is 0 Å². The number of rotatable bonds is 3. The van der Waals surface area contributed by atoms with Gasteiger partial charge in [0.15, 0.2) is 0 Å². The number of hydrogen-bond donors (Lipinski definition) is 1. The van der Waals surface area contributed by atoms with Crippen molar-refractivity contribution in [1.82, 2.24) is 0 Å². The van der Waals surface area contributed by atoms with Crippen LogP contribution in [0.1, 0.15) is 5.56 Å². The fraction of sp³-hybridized carbons (Fsp3) is 0.0714. The smallest absolute Gasteiger partial charge is 0.145 e. The van der Waals surface area contributed by atoms with Gasteiger partial charge in [0.05, 0.1) is 5.56 Å². The quantitative estimate of drug-likeness (QED) is 0.683. The Bertz CT molecular complexity index is 652. The first-order chi connectivity index (χ1) is 9.13. The lowest BCUT2D eigenvalue weighted by molar-refractivity contribution is 0.473. The summed E-state index contributed by atoms with van der Waals surface area (Å²) in [5.74, 6) is 0.350. The van der Waals surface area contributed by atoms with Crippen LogP contribution in [-0.2, 0) is 0 Å². The van der Waals surface area contributed by atoms with Crippen molar-refractivity contribution in [3.63, 3.8) is 0 Å². The first-order valence-corrected chi connectivity index (χ1v) is 6.67. The Morgan fingerprint density at radius 1 is 1.26 bits per heavy atom. The zero-order valence-corrected chi connectivity index (χ0v) is 11.0. The standard InChI is InChI=1S/C14H11FN2OS/c1-19-14-5-3-11(7-12(14)15)18-13-4-2-10(17)6-9(13)8-16/h2-7H,17H2,1H3. The van der Waals surface area contributed by atoms with Gasteiger partial charge < -0.3 is 10.5 Å². The molecule has 0 unspecified atom stereocenters. The number of nitrogen functional groups attached to an aromatic ring is 1. The Labute approximate surface area is 114 Å². The van der Waals surface area contributed by atoms with E-state index in [4.69, 9.17) is 15.7 Å². The van der Waals surface area contributed by atoms with Crippen molar-refractivity contribution in [2.75, 3.05) is 12.0 Å². The maximum absolute atomic E-state index is 13.6. The van der Waals surface area contributed by atoms with Gasteiger partial charge in [0, 0.05) is 16.6 Å². The Hall–Kier alpha value is -2.19. The van der Waals surface area contributed by atoms with Crippen molar-refractivity contribution in [3.05, 3.63) is 47.8 Å². The van der Waals surface area contributed by atoms with Crippen LogP contribution >= 0.6 is 11.8 Å². The van der Waals surface area contributed by atoms with E-state index in [9.17, 15) is 4.39 Å². The Morgan fingerprint density at radius 3 is 2.68 bits per heavy atom.